The van der Waals surface area contributed by atoms with E-state index in [4.69, 9.17) is 0 Å². The number of carbonyl (C=O) groups excluding carboxylic acids is 1. The highest BCUT2D eigenvalue weighted by Gasteiger charge is 2.29. The summed E-state index contributed by atoms with van der Waals surface area (Å²) < 4.78 is 26.0. The third-order valence-corrected chi connectivity index (χ3v) is 3.19. The minimum Gasteiger partial charge on any atom is -0.329 e. The number of rotatable bonds is 5. The lowest BCUT2D eigenvalue weighted by atomic mass is 10.1. The largest absolute Gasteiger partial charge is 0.329 e. The molecule has 1 aromatic rings. The fourth-order valence-electron chi connectivity index (χ4n) is 2.15. The van der Waals surface area contributed by atoms with Crippen LogP contribution in [0.3, 0.4) is 0 Å². The van der Waals surface area contributed by atoms with Gasteiger partial charge in [-0.05, 0) is 37.7 Å². The molecule has 1 aliphatic heterocycles. The van der Waals surface area contributed by atoms with E-state index >= 15 is 0 Å². The van der Waals surface area contributed by atoms with Crippen LogP contribution in [-0.2, 0) is 0 Å². The summed E-state index contributed by atoms with van der Waals surface area (Å²) in [5.41, 5.74) is 0.586. The predicted molar refractivity (Wildman–Crippen MR) is 67.7 cm³/mol. The Balaban J connectivity index is 1.99. The molecule has 0 aromatic heterocycles. The van der Waals surface area contributed by atoms with Crippen molar-refractivity contribution in [3.63, 3.8) is 0 Å². The highest BCUT2D eigenvalue weighted by molar-refractivity contribution is 5.77. The summed E-state index contributed by atoms with van der Waals surface area (Å²) in [7, 11) is 1.86. The Bertz CT molecular complexity index is 467. The third-order valence-electron chi connectivity index (χ3n) is 3.19. The molecule has 2 amide bonds. The number of amides is 2. The average Bonchev–Trinajstić information content (AvgIpc) is 2.75. The summed E-state index contributed by atoms with van der Waals surface area (Å²) in [6.07, 6.45) is 0.856. The van der Waals surface area contributed by atoms with Crippen LogP contribution >= 0.6 is 0 Å². The monoisotopic (exact) mass is 269 g/mol. The maximum Gasteiger partial charge on any atom is 0.318 e. The second kappa shape index (κ2) is 5.97. The first-order valence-corrected chi connectivity index (χ1v) is 6.27. The van der Waals surface area contributed by atoms with Crippen molar-refractivity contribution < 1.29 is 13.6 Å². The number of nitrogens with one attached hydrogen (secondary N) is 2. The van der Waals surface area contributed by atoms with Gasteiger partial charge in [0.25, 0.3) is 0 Å². The van der Waals surface area contributed by atoms with Gasteiger partial charge < -0.3 is 15.5 Å². The lowest BCUT2D eigenvalue weighted by Crippen LogP contribution is -2.30. The molecular weight excluding hydrogens is 252 g/mol. The first-order valence-electron chi connectivity index (χ1n) is 6.27. The summed E-state index contributed by atoms with van der Waals surface area (Å²) in [5, 5.41) is 5.78. The Kier molecular flexibility index (Phi) is 4.31. The van der Waals surface area contributed by atoms with Gasteiger partial charge in [-0.25, -0.2) is 13.6 Å². The molecule has 1 unspecified atom stereocenters. The fourth-order valence-corrected chi connectivity index (χ4v) is 2.15. The molecule has 1 fully saturated rings. The van der Waals surface area contributed by atoms with Crippen LogP contribution in [0.4, 0.5) is 13.6 Å². The molecule has 0 spiro atoms. The lowest BCUT2D eigenvalue weighted by Gasteiger charge is -2.14. The van der Waals surface area contributed by atoms with Crippen molar-refractivity contribution in [2.24, 2.45) is 0 Å². The van der Waals surface area contributed by atoms with Crippen molar-refractivity contribution in [3.05, 3.63) is 35.4 Å². The van der Waals surface area contributed by atoms with Gasteiger partial charge in [0, 0.05) is 13.1 Å². The van der Waals surface area contributed by atoms with E-state index in [-0.39, 0.29) is 12.1 Å². The maximum absolute atomic E-state index is 13.2. The van der Waals surface area contributed by atoms with Crippen LogP contribution in [0.2, 0.25) is 0 Å². The van der Waals surface area contributed by atoms with Gasteiger partial charge in [0.2, 0.25) is 0 Å². The number of nitrogens with zero attached hydrogens (tertiary/aromatic N) is 1. The lowest BCUT2D eigenvalue weighted by molar-refractivity contribution is 0.217. The molecule has 4 nitrogen and oxygen atoms in total. The van der Waals surface area contributed by atoms with E-state index in [0.29, 0.717) is 18.7 Å². The van der Waals surface area contributed by atoms with Crippen molar-refractivity contribution in [3.8, 4) is 0 Å². The fraction of sp³-hybridized carbons (Fsp3) is 0.462. The van der Waals surface area contributed by atoms with E-state index in [1.807, 2.05) is 7.05 Å². The number of benzene rings is 1. The molecule has 2 rings (SSSR count). The summed E-state index contributed by atoms with van der Waals surface area (Å²) in [5.74, 6) is -1.76. The quantitative estimate of drug-likeness (QED) is 0.798. The van der Waals surface area contributed by atoms with Crippen LogP contribution in [0.25, 0.3) is 0 Å². The van der Waals surface area contributed by atoms with Gasteiger partial charge in [-0.1, -0.05) is 6.07 Å². The Hall–Kier alpha value is -1.69. The molecular formula is C13H17F2N3O. The van der Waals surface area contributed by atoms with Crippen molar-refractivity contribution in [1.29, 1.82) is 0 Å². The molecule has 104 valence electrons. The van der Waals surface area contributed by atoms with Gasteiger partial charge >= 0.3 is 6.03 Å². The van der Waals surface area contributed by atoms with Gasteiger partial charge in [-0.2, -0.15) is 0 Å². The molecule has 1 aromatic carbocycles. The normalized spacial score (nSPS) is 18.8. The average molecular weight is 269 g/mol. The second-order valence-corrected chi connectivity index (χ2v) is 4.58. The Labute approximate surface area is 110 Å². The zero-order valence-corrected chi connectivity index (χ0v) is 10.7. The molecule has 0 radical (unpaired) electrons. The molecule has 0 bridgehead atoms. The summed E-state index contributed by atoms with van der Waals surface area (Å²) in [6, 6.07) is 3.28. The summed E-state index contributed by atoms with van der Waals surface area (Å²) in [6.45, 7) is 1.96. The van der Waals surface area contributed by atoms with Crippen LogP contribution in [-0.4, -0.2) is 37.6 Å². The van der Waals surface area contributed by atoms with E-state index < -0.39 is 11.6 Å². The zero-order chi connectivity index (χ0) is 13.8. The zero-order valence-electron chi connectivity index (χ0n) is 10.7. The maximum atomic E-state index is 13.2. The molecule has 1 aliphatic rings. The van der Waals surface area contributed by atoms with E-state index in [0.717, 1.165) is 25.1 Å². The van der Waals surface area contributed by atoms with Crippen molar-refractivity contribution in [2.45, 2.75) is 12.5 Å². The number of carbonyl (C=O) groups is 1. The van der Waals surface area contributed by atoms with Crippen LogP contribution in [0.15, 0.2) is 18.2 Å². The van der Waals surface area contributed by atoms with E-state index in [9.17, 15) is 13.6 Å². The van der Waals surface area contributed by atoms with E-state index in [1.54, 1.807) is 4.90 Å². The topological polar surface area (TPSA) is 44.4 Å². The number of urea groups is 1. The molecule has 1 heterocycles. The first-order chi connectivity index (χ1) is 9.11. The van der Waals surface area contributed by atoms with Gasteiger partial charge in [-0.15, -0.1) is 0 Å². The molecule has 0 aliphatic carbocycles. The van der Waals surface area contributed by atoms with Crippen LogP contribution in [0.5, 0.6) is 0 Å². The summed E-state index contributed by atoms with van der Waals surface area (Å²) >= 11 is 0. The second-order valence-electron chi connectivity index (χ2n) is 4.58. The first kappa shape index (κ1) is 13.7. The van der Waals surface area contributed by atoms with Crippen LogP contribution < -0.4 is 10.6 Å². The smallest absolute Gasteiger partial charge is 0.318 e. The molecule has 0 saturated carbocycles. The van der Waals surface area contributed by atoms with Gasteiger partial charge in [-0.3, -0.25) is 0 Å². The van der Waals surface area contributed by atoms with Gasteiger partial charge in [0.05, 0.1) is 6.04 Å². The molecule has 6 heteroatoms. The number of hydrogen-bond acceptors (Lipinski definition) is 2. The minimum atomic E-state index is -0.889. The minimum absolute atomic E-state index is 0.161. The third kappa shape index (κ3) is 3.20. The molecule has 2 N–H and O–H groups in total. The van der Waals surface area contributed by atoms with Crippen molar-refractivity contribution >= 4 is 6.03 Å². The van der Waals surface area contributed by atoms with E-state index in [1.165, 1.54) is 6.07 Å². The number of halogens is 2. The van der Waals surface area contributed by atoms with Crippen molar-refractivity contribution in [1.82, 2.24) is 15.5 Å². The summed E-state index contributed by atoms with van der Waals surface area (Å²) in [4.78, 5) is 13.4. The standard InChI is InChI=1S/C13H17F2N3O/c1-16-5-2-6-18-8-12(17-13(18)19)9-3-4-10(14)11(15)7-9/h3-4,7,12,16H,2,5-6,8H2,1H3,(H,17,19). The Morgan fingerprint density at radius 2 is 2.21 bits per heavy atom. The predicted octanol–water partition coefficient (Wildman–Crippen LogP) is 1.64. The van der Waals surface area contributed by atoms with Gasteiger partial charge in [0.15, 0.2) is 11.6 Å². The van der Waals surface area contributed by atoms with Gasteiger partial charge in [0.1, 0.15) is 0 Å². The molecule has 19 heavy (non-hydrogen) atoms. The SMILES string of the molecule is CNCCCN1CC(c2ccc(F)c(F)c2)NC1=O. The highest BCUT2D eigenvalue weighted by Crippen LogP contribution is 2.22. The molecule has 1 atom stereocenters. The van der Waals surface area contributed by atoms with Crippen LogP contribution in [0.1, 0.15) is 18.0 Å². The van der Waals surface area contributed by atoms with Crippen molar-refractivity contribution in [2.75, 3.05) is 26.7 Å². The highest BCUT2D eigenvalue weighted by atomic mass is 19.2. The molecule has 1 saturated heterocycles. The Morgan fingerprint density at radius 3 is 2.89 bits per heavy atom. The van der Waals surface area contributed by atoms with Crippen LogP contribution in [0, 0.1) is 11.6 Å². The Morgan fingerprint density at radius 1 is 1.42 bits per heavy atom. The number of hydrogen-bond donors (Lipinski definition) is 2. The van der Waals surface area contributed by atoms with E-state index in [2.05, 4.69) is 10.6 Å².